The van der Waals surface area contributed by atoms with Gasteiger partial charge in [0, 0.05) is 31.9 Å². The molecule has 2 aromatic rings. The lowest BCUT2D eigenvalue weighted by atomic mass is 10.1. The number of pyridine rings is 1. The first kappa shape index (κ1) is 13.4. The number of rotatable bonds is 3. The quantitative estimate of drug-likeness (QED) is 0.904. The molecule has 0 spiro atoms. The molecule has 2 heterocycles. The molecule has 0 atom stereocenters. The fraction of sp³-hybridized carbons (Fsp3) is 0.200. The van der Waals surface area contributed by atoms with Crippen LogP contribution in [-0.2, 0) is 13.1 Å². The number of hydrogen-bond donors (Lipinski definition) is 2. The molecule has 1 aromatic carbocycles. The van der Waals surface area contributed by atoms with Gasteiger partial charge in [-0.2, -0.15) is 0 Å². The van der Waals surface area contributed by atoms with Crippen LogP contribution in [0.25, 0.3) is 0 Å². The molecular weight excluding hydrogens is 268 g/mol. The molecule has 6 nitrogen and oxygen atoms in total. The molecule has 0 saturated carbocycles. The van der Waals surface area contributed by atoms with Crippen molar-refractivity contribution in [3.8, 4) is 5.75 Å². The first-order chi connectivity index (χ1) is 10.3. The number of hydrazine groups is 1. The van der Waals surface area contributed by atoms with Gasteiger partial charge in [-0.1, -0.05) is 18.2 Å². The smallest absolute Gasteiger partial charge is 0.410 e. The number of benzene rings is 1. The lowest BCUT2D eigenvalue weighted by Crippen LogP contribution is -2.25. The van der Waals surface area contributed by atoms with Crippen LogP contribution in [0.15, 0.2) is 42.6 Å². The first-order valence-corrected chi connectivity index (χ1v) is 6.69. The van der Waals surface area contributed by atoms with E-state index in [1.54, 1.807) is 19.3 Å². The monoisotopic (exact) mass is 284 g/mol. The Morgan fingerprint density at radius 1 is 1.24 bits per heavy atom. The Balaban J connectivity index is 1.75. The Labute approximate surface area is 122 Å². The molecule has 21 heavy (non-hydrogen) atoms. The van der Waals surface area contributed by atoms with Gasteiger partial charge in [-0.05, 0) is 23.8 Å². The summed E-state index contributed by atoms with van der Waals surface area (Å²) in [6, 6.07) is 11.4. The van der Waals surface area contributed by atoms with Gasteiger partial charge in [-0.25, -0.2) is 14.8 Å². The van der Waals surface area contributed by atoms with E-state index in [0.29, 0.717) is 12.3 Å². The summed E-state index contributed by atoms with van der Waals surface area (Å²) in [5, 5.41) is 4.49. The summed E-state index contributed by atoms with van der Waals surface area (Å²) in [7, 11) is 1.54. The van der Waals surface area contributed by atoms with Crippen LogP contribution < -0.4 is 15.5 Å². The van der Waals surface area contributed by atoms with Gasteiger partial charge < -0.3 is 15.5 Å². The highest BCUT2D eigenvalue weighted by Gasteiger charge is 2.23. The Hall–Kier alpha value is -2.60. The summed E-state index contributed by atoms with van der Waals surface area (Å²) < 4.78 is 5.28. The maximum atomic E-state index is 11.4. The van der Waals surface area contributed by atoms with Crippen LogP contribution in [0, 0.1) is 0 Å². The predicted octanol–water partition coefficient (Wildman–Crippen LogP) is 2.14. The molecule has 2 N–H and O–H groups in total. The molecule has 0 unspecified atom stereocenters. The van der Waals surface area contributed by atoms with Gasteiger partial charge in [0.05, 0.1) is 0 Å². The normalized spacial score (nSPS) is 13.6. The molecule has 0 radical (unpaired) electrons. The summed E-state index contributed by atoms with van der Waals surface area (Å²) in [6.07, 6.45) is 1.28. The van der Waals surface area contributed by atoms with Crippen LogP contribution in [0.3, 0.4) is 0 Å². The zero-order chi connectivity index (χ0) is 14.7. The van der Waals surface area contributed by atoms with Crippen LogP contribution >= 0.6 is 0 Å². The van der Waals surface area contributed by atoms with Crippen molar-refractivity contribution in [3.05, 3.63) is 53.7 Å². The minimum Gasteiger partial charge on any atom is -0.410 e. The standard InChI is InChI=1S/C15H16N4O2/c1-16-15(20)21-13-6-4-5-11-9-19(10-12(11)13)18-14-7-2-3-8-17-14/h2-8H,9-10H2,1H3,(H,16,20)(H,17,18). The highest BCUT2D eigenvalue weighted by molar-refractivity contribution is 5.70. The van der Waals surface area contributed by atoms with Gasteiger partial charge in [0.2, 0.25) is 0 Å². The van der Waals surface area contributed by atoms with Crippen LogP contribution in [0.5, 0.6) is 5.75 Å². The summed E-state index contributed by atoms with van der Waals surface area (Å²) in [6.45, 7) is 1.38. The lowest BCUT2D eigenvalue weighted by molar-refractivity contribution is 0.202. The molecule has 3 rings (SSSR count). The number of nitrogens with zero attached hydrogens (tertiary/aromatic N) is 2. The fourth-order valence-electron chi connectivity index (χ4n) is 2.31. The van der Waals surface area contributed by atoms with E-state index < -0.39 is 6.09 Å². The zero-order valence-electron chi connectivity index (χ0n) is 11.7. The van der Waals surface area contributed by atoms with Crippen LogP contribution in [0.4, 0.5) is 10.6 Å². The number of ether oxygens (including phenoxy) is 1. The number of amides is 1. The maximum absolute atomic E-state index is 11.4. The van der Waals surface area contributed by atoms with Gasteiger partial charge in [-0.3, -0.25) is 0 Å². The van der Waals surface area contributed by atoms with E-state index in [9.17, 15) is 4.79 Å². The summed E-state index contributed by atoms with van der Waals surface area (Å²) in [4.78, 5) is 15.6. The fourth-order valence-corrected chi connectivity index (χ4v) is 2.31. The number of anilines is 1. The number of carbonyl (C=O) groups is 1. The molecule has 1 aliphatic heterocycles. The minimum absolute atomic E-state index is 0.459. The SMILES string of the molecule is CNC(=O)Oc1cccc2c1CN(Nc1ccccn1)C2. The molecule has 0 fully saturated rings. The van der Waals surface area contributed by atoms with E-state index in [1.165, 1.54) is 0 Å². The maximum Gasteiger partial charge on any atom is 0.412 e. The zero-order valence-corrected chi connectivity index (χ0v) is 11.7. The third kappa shape index (κ3) is 2.95. The van der Waals surface area contributed by atoms with Crippen LogP contribution in [0.1, 0.15) is 11.1 Å². The minimum atomic E-state index is -0.459. The first-order valence-electron chi connectivity index (χ1n) is 6.69. The van der Waals surface area contributed by atoms with Gasteiger partial charge >= 0.3 is 6.09 Å². The van der Waals surface area contributed by atoms with Crippen molar-refractivity contribution in [2.75, 3.05) is 12.5 Å². The Morgan fingerprint density at radius 3 is 2.90 bits per heavy atom. The van der Waals surface area contributed by atoms with Crippen molar-refractivity contribution in [2.24, 2.45) is 0 Å². The van der Waals surface area contributed by atoms with Crippen LogP contribution in [0.2, 0.25) is 0 Å². The number of hydrogen-bond acceptors (Lipinski definition) is 5. The second kappa shape index (κ2) is 5.80. The van der Waals surface area contributed by atoms with Crippen molar-refractivity contribution in [1.29, 1.82) is 0 Å². The Kier molecular flexibility index (Phi) is 3.70. The molecule has 108 valence electrons. The van der Waals surface area contributed by atoms with Crippen molar-refractivity contribution >= 4 is 11.9 Å². The van der Waals surface area contributed by atoms with E-state index in [4.69, 9.17) is 4.74 Å². The lowest BCUT2D eigenvalue weighted by Gasteiger charge is -2.16. The van der Waals surface area contributed by atoms with E-state index in [2.05, 4.69) is 15.7 Å². The average molecular weight is 284 g/mol. The number of carbonyl (C=O) groups excluding carboxylic acids is 1. The topological polar surface area (TPSA) is 66.5 Å². The van der Waals surface area contributed by atoms with E-state index in [1.807, 2.05) is 35.3 Å². The van der Waals surface area contributed by atoms with Gasteiger partial charge in [-0.15, -0.1) is 0 Å². The molecule has 6 heteroatoms. The van der Waals surface area contributed by atoms with Crippen molar-refractivity contribution < 1.29 is 9.53 Å². The van der Waals surface area contributed by atoms with Crippen LogP contribution in [-0.4, -0.2) is 23.1 Å². The van der Waals surface area contributed by atoms with E-state index in [0.717, 1.165) is 23.5 Å². The summed E-state index contributed by atoms with van der Waals surface area (Å²) >= 11 is 0. The third-order valence-corrected chi connectivity index (χ3v) is 3.28. The number of fused-ring (bicyclic) bond motifs is 1. The second-order valence-electron chi connectivity index (χ2n) is 4.72. The van der Waals surface area contributed by atoms with Gasteiger partial charge in [0.25, 0.3) is 0 Å². The molecule has 1 aromatic heterocycles. The Morgan fingerprint density at radius 2 is 2.14 bits per heavy atom. The number of aromatic nitrogens is 1. The van der Waals surface area contributed by atoms with E-state index >= 15 is 0 Å². The highest BCUT2D eigenvalue weighted by atomic mass is 16.6. The average Bonchev–Trinajstić information content (AvgIpc) is 2.91. The van der Waals surface area contributed by atoms with E-state index in [-0.39, 0.29) is 0 Å². The molecule has 0 saturated heterocycles. The van der Waals surface area contributed by atoms with Crippen molar-refractivity contribution in [2.45, 2.75) is 13.1 Å². The summed E-state index contributed by atoms with van der Waals surface area (Å²) in [5.74, 6) is 1.39. The second-order valence-corrected chi connectivity index (χ2v) is 4.72. The molecular formula is C15H16N4O2. The number of nitrogens with one attached hydrogen (secondary N) is 2. The highest BCUT2D eigenvalue weighted by Crippen LogP contribution is 2.30. The largest absolute Gasteiger partial charge is 0.412 e. The molecule has 1 aliphatic rings. The van der Waals surface area contributed by atoms with Crippen molar-refractivity contribution in [1.82, 2.24) is 15.3 Å². The van der Waals surface area contributed by atoms with Gasteiger partial charge in [0.1, 0.15) is 11.6 Å². The third-order valence-electron chi connectivity index (χ3n) is 3.28. The predicted molar refractivity (Wildman–Crippen MR) is 78.6 cm³/mol. The Bertz CT molecular complexity index is 645. The molecule has 0 aliphatic carbocycles. The summed E-state index contributed by atoms with van der Waals surface area (Å²) in [5.41, 5.74) is 5.41. The van der Waals surface area contributed by atoms with Crippen molar-refractivity contribution in [3.63, 3.8) is 0 Å². The molecule has 0 bridgehead atoms. The van der Waals surface area contributed by atoms with Gasteiger partial charge in [0.15, 0.2) is 0 Å². The molecule has 1 amide bonds.